The molecule has 142 valence electrons. The first kappa shape index (κ1) is 18.1. The van der Waals surface area contributed by atoms with Crippen molar-refractivity contribution in [2.24, 2.45) is 0 Å². The van der Waals surface area contributed by atoms with Crippen LogP contribution in [0.5, 0.6) is 5.75 Å². The summed E-state index contributed by atoms with van der Waals surface area (Å²) >= 11 is 6.15. The number of nitrogens with one attached hydrogen (secondary N) is 3. The predicted molar refractivity (Wildman–Crippen MR) is 108 cm³/mol. The number of aromatic amines is 2. The van der Waals surface area contributed by atoms with Crippen LogP contribution >= 0.6 is 11.6 Å². The Bertz CT molecular complexity index is 1170. The van der Waals surface area contributed by atoms with Crippen LogP contribution in [0.15, 0.2) is 65.5 Å². The standard InChI is InChI=1S/C21H17ClFN3O2/c22-15-3-8-20(28-12-13-1-4-16(23)5-2-13)14(9-15)11-24-17-6-7-18-19(10-17)26-21(27)25-18/h1-10,24H,11-12H2,(H2,25,26,27). The molecule has 0 aliphatic rings. The summed E-state index contributed by atoms with van der Waals surface area (Å²) in [5.74, 6) is 0.415. The predicted octanol–water partition coefficient (Wildman–Crippen LogP) is 4.84. The molecular weight excluding hydrogens is 381 g/mol. The van der Waals surface area contributed by atoms with Crippen LogP contribution in [0, 0.1) is 5.82 Å². The molecule has 0 saturated heterocycles. The van der Waals surface area contributed by atoms with E-state index in [1.165, 1.54) is 12.1 Å². The van der Waals surface area contributed by atoms with E-state index in [1.54, 1.807) is 18.2 Å². The minimum atomic E-state index is -0.277. The van der Waals surface area contributed by atoms with Gasteiger partial charge in [0.2, 0.25) is 0 Å². The van der Waals surface area contributed by atoms with Crippen LogP contribution in [0.3, 0.4) is 0 Å². The Morgan fingerprint density at radius 3 is 2.57 bits per heavy atom. The van der Waals surface area contributed by atoms with Crippen LogP contribution in [-0.2, 0) is 13.2 Å². The Balaban J connectivity index is 1.48. The second-order valence-electron chi connectivity index (χ2n) is 6.36. The van der Waals surface area contributed by atoms with E-state index in [0.29, 0.717) is 23.9 Å². The van der Waals surface area contributed by atoms with Gasteiger partial charge in [-0.15, -0.1) is 0 Å². The van der Waals surface area contributed by atoms with Crippen molar-refractivity contribution < 1.29 is 9.13 Å². The molecule has 28 heavy (non-hydrogen) atoms. The summed E-state index contributed by atoms with van der Waals surface area (Å²) in [4.78, 5) is 16.8. The SMILES string of the molecule is O=c1[nH]c2ccc(NCc3cc(Cl)ccc3OCc3ccc(F)cc3)cc2[nH]1. The molecular formula is C21H17ClFN3O2. The third-order valence-electron chi connectivity index (χ3n) is 4.33. The third kappa shape index (κ3) is 4.18. The topological polar surface area (TPSA) is 69.9 Å². The van der Waals surface area contributed by atoms with Gasteiger partial charge in [0, 0.05) is 22.8 Å². The van der Waals surface area contributed by atoms with Crippen molar-refractivity contribution in [3.05, 3.63) is 93.1 Å². The molecule has 0 bridgehead atoms. The Morgan fingerprint density at radius 1 is 0.964 bits per heavy atom. The van der Waals surface area contributed by atoms with Crippen molar-refractivity contribution in [2.75, 3.05) is 5.32 Å². The van der Waals surface area contributed by atoms with Crippen molar-refractivity contribution in [3.63, 3.8) is 0 Å². The van der Waals surface area contributed by atoms with Crippen LogP contribution in [-0.4, -0.2) is 9.97 Å². The van der Waals surface area contributed by atoms with E-state index in [9.17, 15) is 9.18 Å². The maximum Gasteiger partial charge on any atom is 0.323 e. The van der Waals surface area contributed by atoms with Gasteiger partial charge < -0.3 is 20.0 Å². The molecule has 0 saturated carbocycles. The van der Waals surface area contributed by atoms with Gasteiger partial charge >= 0.3 is 5.69 Å². The summed E-state index contributed by atoms with van der Waals surface area (Å²) in [5, 5.41) is 3.92. The number of hydrogen-bond donors (Lipinski definition) is 3. The molecule has 1 aromatic heterocycles. The van der Waals surface area contributed by atoms with Gasteiger partial charge in [0.05, 0.1) is 11.0 Å². The third-order valence-corrected chi connectivity index (χ3v) is 4.56. The average Bonchev–Trinajstić information content (AvgIpc) is 3.06. The van der Waals surface area contributed by atoms with E-state index in [0.717, 1.165) is 27.8 Å². The lowest BCUT2D eigenvalue weighted by Gasteiger charge is -2.14. The molecule has 3 N–H and O–H groups in total. The maximum atomic E-state index is 13.0. The molecule has 4 aromatic rings. The summed E-state index contributed by atoms with van der Waals surface area (Å²) in [7, 11) is 0. The first-order chi connectivity index (χ1) is 13.6. The average molecular weight is 398 g/mol. The van der Waals surface area contributed by atoms with Crippen LogP contribution in [0.25, 0.3) is 11.0 Å². The first-order valence-electron chi connectivity index (χ1n) is 8.68. The van der Waals surface area contributed by atoms with E-state index in [1.807, 2.05) is 30.3 Å². The molecule has 0 atom stereocenters. The summed E-state index contributed by atoms with van der Waals surface area (Å²) < 4.78 is 18.9. The Kier molecular flexibility index (Phi) is 5.04. The van der Waals surface area contributed by atoms with Crippen LogP contribution < -0.4 is 15.7 Å². The monoisotopic (exact) mass is 397 g/mol. The maximum absolute atomic E-state index is 13.0. The number of fused-ring (bicyclic) bond motifs is 1. The van der Waals surface area contributed by atoms with Crippen molar-refractivity contribution in [3.8, 4) is 5.75 Å². The normalized spacial score (nSPS) is 10.9. The molecule has 0 unspecified atom stereocenters. The lowest BCUT2D eigenvalue weighted by Crippen LogP contribution is -2.04. The van der Waals surface area contributed by atoms with Gasteiger partial charge in [0.25, 0.3) is 0 Å². The molecule has 0 spiro atoms. The molecule has 0 aliphatic carbocycles. The highest BCUT2D eigenvalue weighted by atomic mass is 35.5. The Morgan fingerprint density at radius 2 is 1.75 bits per heavy atom. The zero-order chi connectivity index (χ0) is 19.5. The van der Waals surface area contributed by atoms with Gasteiger partial charge in [-0.1, -0.05) is 23.7 Å². The van der Waals surface area contributed by atoms with E-state index in [4.69, 9.17) is 16.3 Å². The summed E-state index contributed by atoms with van der Waals surface area (Å²) in [6.07, 6.45) is 0. The molecule has 0 radical (unpaired) electrons. The number of hydrogen-bond acceptors (Lipinski definition) is 3. The highest BCUT2D eigenvalue weighted by Crippen LogP contribution is 2.25. The van der Waals surface area contributed by atoms with Gasteiger partial charge in [0.15, 0.2) is 0 Å². The number of benzene rings is 3. The second-order valence-corrected chi connectivity index (χ2v) is 6.80. The fraction of sp³-hybridized carbons (Fsp3) is 0.0952. The number of ether oxygens (including phenoxy) is 1. The van der Waals surface area contributed by atoms with E-state index in [-0.39, 0.29) is 11.5 Å². The smallest absolute Gasteiger partial charge is 0.323 e. The van der Waals surface area contributed by atoms with E-state index < -0.39 is 0 Å². The van der Waals surface area contributed by atoms with Crippen LogP contribution in [0.2, 0.25) is 5.02 Å². The summed E-state index contributed by atoms with van der Waals surface area (Å²) in [5.41, 5.74) is 3.86. The molecule has 4 rings (SSSR count). The van der Waals surface area contributed by atoms with Crippen molar-refractivity contribution in [1.82, 2.24) is 9.97 Å². The zero-order valence-electron chi connectivity index (χ0n) is 14.8. The number of halogens is 2. The van der Waals surface area contributed by atoms with Crippen LogP contribution in [0.1, 0.15) is 11.1 Å². The van der Waals surface area contributed by atoms with Gasteiger partial charge in [-0.25, -0.2) is 9.18 Å². The number of H-pyrrole nitrogens is 2. The second kappa shape index (κ2) is 7.78. The molecule has 0 aliphatic heterocycles. The van der Waals surface area contributed by atoms with Gasteiger partial charge in [-0.2, -0.15) is 0 Å². The Labute approximate surface area is 165 Å². The lowest BCUT2D eigenvalue weighted by atomic mass is 10.2. The number of anilines is 1. The Hall–Kier alpha value is -3.25. The molecule has 0 fully saturated rings. The number of imidazole rings is 1. The van der Waals surface area contributed by atoms with Crippen LogP contribution in [0.4, 0.5) is 10.1 Å². The van der Waals surface area contributed by atoms with Gasteiger partial charge in [0.1, 0.15) is 18.2 Å². The molecule has 0 amide bonds. The highest BCUT2D eigenvalue weighted by Gasteiger charge is 2.07. The zero-order valence-corrected chi connectivity index (χ0v) is 15.5. The fourth-order valence-electron chi connectivity index (χ4n) is 2.91. The molecule has 7 heteroatoms. The highest BCUT2D eigenvalue weighted by molar-refractivity contribution is 6.30. The lowest BCUT2D eigenvalue weighted by molar-refractivity contribution is 0.303. The number of aromatic nitrogens is 2. The van der Waals surface area contributed by atoms with Crippen molar-refractivity contribution >= 4 is 28.3 Å². The minimum Gasteiger partial charge on any atom is -0.489 e. The van der Waals surface area contributed by atoms with Gasteiger partial charge in [-0.3, -0.25) is 0 Å². The van der Waals surface area contributed by atoms with Gasteiger partial charge in [-0.05, 0) is 54.1 Å². The largest absolute Gasteiger partial charge is 0.489 e. The quantitative estimate of drug-likeness (QED) is 0.436. The van der Waals surface area contributed by atoms with Crippen molar-refractivity contribution in [1.29, 1.82) is 0 Å². The summed E-state index contributed by atoms with van der Waals surface area (Å²) in [6.45, 7) is 0.810. The van der Waals surface area contributed by atoms with E-state index >= 15 is 0 Å². The molecule has 1 heterocycles. The first-order valence-corrected chi connectivity index (χ1v) is 9.06. The van der Waals surface area contributed by atoms with E-state index in [2.05, 4.69) is 15.3 Å². The molecule has 3 aromatic carbocycles. The minimum absolute atomic E-state index is 0.238. The molecule has 5 nitrogen and oxygen atoms in total. The number of rotatable bonds is 6. The summed E-state index contributed by atoms with van der Waals surface area (Å²) in [6, 6.07) is 17.2. The fourth-order valence-corrected chi connectivity index (χ4v) is 3.10. The van der Waals surface area contributed by atoms with Crippen molar-refractivity contribution in [2.45, 2.75) is 13.2 Å².